The first-order valence-electron chi connectivity index (χ1n) is 5.20. The summed E-state index contributed by atoms with van der Waals surface area (Å²) in [4.78, 5) is 13.0. The van der Waals surface area contributed by atoms with E-state index in [-0.39, 0.29) is 5.41 Å². The van der Waals surface area contributed by atoms with E-state index >= 15 is 0 Å². The zero-order valence-corrected chi connectivity index (χ0v) is 9.65. The molecule has 2 aromatic heterocycles. The smallest absolute Gasteiger partial charge is 0.163 e. The zero-order chi connectivity index (χ0) is 11.1. The molecule has 80 valence electrons. The number of aromatic nitrogens is 4. The van der Waals surface area contributed by atoms with E-state index in [2.05, 4.69) is 42.6 Å². The minimum Gasteiger partial charge on any atom is -0.315 e. The van der Waals surface area contributed by atoms with Gasteiger partial charge in [-0.1, -0.05) is 20.8 Å². The van der Waals surface area contributed by atoms with E-state index in [1.807, 2.05) is 10.9 Å². The molecule has 0 N–H and O–H groups in total. The minimum atomic E-state index is 0.00805. The summed E-state index contributed by atoms with van der Waals surface area (Å²) in [6.07, 6.45) is 3.45. The Kier molecular flexibility index (Phi) is 2.21. The lowest BCUT2D eigenvalue weighted by Gasteiger charge is -2.17. The Morgan fingerprint density at radius 3 is 2.53 bits per heavy atom. The molecule has 15 heavy (non-hydrogen) atoms. The van der Waals surface area contributed by atoms with E-state index in [4.69, 9.17) is 0 Å². The van der Waals surface area contributed by atoms with Gasteiger partial charge in [0.15, 0.2) is 5.65 Å². The van der Waals surface area contributed by atoms with Crippen LogP contribution in [0.25, 0.3) is 11.2 Å². The number of hydrogen-bond donors (Lipinski definition) is 0. The lowest BCUT2D eigenvalue weighted by molar-refractivity contribution is 0.572. The molecule has 0 unspecified atom stereocenters. The van der Waals surface area contributed by atoms with E-state index in [1.54, 1.807) is 6.33 Å². The molecule has 0 spiro atoms. The van der Waals surface area contributed by atoms with E-state index in [1.165, 1.54) is 0 Å². The molecule has 0 aliphatic rings. The van der Waals surface area contributed by atoms with Gasteiger partial charge < -0.3 is 4.57 Å². The molecule has 0 amide bonds. The lowest BCUT2D eigenvalue weighted by Crippen LogP contribution is -2.14. The fourth-order valence-corrected chi connectivity index (χ4v) is 1.66. The molecule has 0 aliphatic carbocycles. The Morgan fingerprint density at radius 2 is 1.93 bits per heavy atom. The molecular formula is C11H16N4. The van der Waals surface area contributed by atoms with Crippen molar-refractivity contribution >= 4 is 11.2 Å². The summed E-state index contributed by atoms with van der Waals surface area (Å²) >= 11 is 0. The van der Waals surface area contributed by atoms with Gasteiger partial charge in [0.05, 0.1) is 12.0 Å². The molecule has 2 heterocycles. The maximum Gasteiger partial charge on any atom is 0.163 e. The molecule has 0 fully saturated rings. The fraction of sp³-hybridized carbons (Fsp3) is 0.545. The van der Waals surface area contributed by atoms with Crippen molar-refractivity contribution in [2.45, 2.75) is 39.7 Å². The van der Waals surface area contributed by atoms with Crippen molar-refractivity contribution in [1.29, 1.82) is 0 Å². The van der Waals surface area contributed by atoms with Crippen molar-refractivity contribution in [3.8, 4) is 0 Å². The average Bonchev–Trinajstić information content (AvgIpc) is 2.58. The van der Waals surface area contributed by atoms with E-state index in [0.717, 1.165) is 23.4 Å². The molecular weight excluding hydrogens is 188 g/mol. The standard InChI is InChI=1S/C11H16N4/c1-5-15-7-14-8-9(11(2,3)4)12-6-13-10(8)15/h6-7H,5H2,1-4H3. The Hall–Kier alpha value is -1.45. The van der Waals surface area contributed by atoms with Crippen molar-refractivity contribution in [2.24, 2.45) is 0 Å². The molecule has 0 atom stereocenters. The number of hydrogen-bond acceptors (Lipinski definition) is 3. The van der Waals surface area contributed by atoms with Crippen molar-refractivity contribution < 1.29 is 0 Å². The van der Waals surface area contributed by atoms with Crippen molar-refractivity contribution in [1.82, 2.24) is 19.5 Å². The molecule has 2 aromatic rings. The minimum absolute atomic E-state index is 0.00805. The lowest BCUT2D eigenvalue weighted by atomic mass is 9.91. The SMILES string of the molecule is CCn1cnc2c(C(C)(C)C)ncnc21. The van der Waals surface area contributed by atoms with Gasteiger partial charge in [-0.2, -0.15) is 0 Å². The molecule has 0 aromatic carbocycles. The number of nitrogens with zero attached hydrogens (tertiary/aromatic N) is 4. The third-order valence-corrected chi connectivity index (χ3v) is 2.45. The van der Waals surface area contributed by atoms with Gasteiger partial charge in [0.25, 0.3) is 0 Å². The molecule has 4 heteroatoms. The molecule has 0 aliphatic heterocycles. The van der Waals surface area contributed by atoms with Crippen LogP contribution in [0.5, 0.6) is 0 Å². The highest BCUT2D eigenvalue weighted by atomic mass is 15.1. The van der Waals surface area contributed by atoms with Crippen LogP contribution < -0.4 is 0 Å². The van der Waals surface area contributed by atoms with Crippen LogP contribution in [0.1, 0.15) is 33.4 Å². The van der Waals surface area contributed by atoms with Gasteiger partial charge in [-0.05, 0) is 6.92 Å². The molecule has 0 radical (unpaired) electrons. The largest absolute Gasteiger partial charge is 0.315 e. The third kappa shape index (κ3) is 1.60. The molecule has 2 rings (SSSR count). The van der Waals surface area contributed by atoms with Crippen LogP contribution in [0.15, 0.2) is 12.7 Å². The van der Waals surface area contributed by atoms with Crippen LogP contribution >= 0.6 is 0 Å². The first-order chi connectivity index (χ1) is 7.04. The van der Waals surface area contributed by atoms with Gasteiger partial charge in [0.2, 0.25) is 0 Å². The molecule has 4 nitrogen and oxygen atoms in total. The summed E-state index contributed by atoms with van der Waals surface area (Å²) in [6.45, 7) is 9.39. The van der Waals surface area contributed by atoms with Crippen molar-refractivity contribution in [2.75, 3.05) is 0 Å². The first kappa shape index (κ1) is 10.1. The molecule has 0 saturated heterocycles. The number of rotatable bonds is 1. The Morgan fingerprint density at radius 1 is 1.20 bits per heavy atom. The van der Waals surface area contributed by atoms with Crippen LogP contribution in [0.3, 0.4) is 0 Å². The van der Waals surface area contributed by atoms with Crippen LogP contribution in [0.4, 0.5) is 0 Å². The van der Waals surface area contributed by atoms with Gasteiger partial charge in [-0.3, -0.25) is 0 Å². The normalized spacial score (nSPS) is 12.3. The van der Waals surface area contributed by atoms with Gasteiger partial charge >= 0.3 is 0 Å². The molecule has 0 bridgehead atoms. The highest BCUT2D eigenvalue weighted by molar-refractivity contribution is 5.74. The highest BCUT2D eigenvalue weighted by Crippen LogP contribution is 2.25. The maximum absolute atomic E-state index is 4.39. The van der Waals surface area contributed by atoms with Gasteiger partial charge in [0.1, 0.15) is 11.8 Å². The van der Waals surface area contributed by atoms with Crippen LogP contribution in [0, 0.1) is 0 Å². The number of aryl methyl sites for hydroxylation is 1. The van der Waals surface area contributed by atoms with E-state index in [0.29, 0.717) is 0 Å². The maximum atomic E-state index is 4.39. The zero-order valence-electron chi connectivity index (χ0n) is 9.65. The predicted molar refractivity (Wildman–Crippen MR) is 59.7 cm³/mol. The van der Waals surface area contributed by atoms with Crippen LogP contribution in [0.2, 0.25) is 0 Å². The first-order valence-corrected chi connectivity index (χ1v) is 5.20. The molecule has 0 saturated carbocycles. The monoisotopic (exact) mass is 204 g/mol. The summed E-state index contributed by atoms with van der Waals surface area (Å²) < 4.78 is 2.03. The quantitative estimate of drug-likeness (QED) is 0.714. The summed E-state index contributed by atoms with van der Waals surface area (Å²) in [5.41, 5.74) is 2.87. The summed E-state index contributed by atoms with van der Waals surface area (Å²) in [5.74, 6) is 0. The Bertz CT molecular complexity index is 479. The van der Waals surface area contributed by atoms with Gasteiger partial charge in [0, 0.05) is 12.0 Å². The van der Waals surface area contributed by atoms with E-state index < -0.39 is 0 Å². The average molecular weight is 204 g/mol. The van der Waals surface area contributed by atoms with Gasteiger partial charge in [-0.15, -0.1) is 0 Å². The Labute approximate surface area is 89.4 Å². The topological polar surface area (TPSA) is 43.6 Å². The van der Waals surface area contributed by atoms with Crippen LogP contribution in [-0.2, 0) is 12.0 Å². The van der Waals surface area contributed by atoms with Crippen LogP contribution in [-0.4, -0.2) is 19.5 Å². The second-order valence-corrected chi connectivity index (χ2v) is 4.68. The second kappa shape index (κ2) is 3.29. The highest BCUT2D eigenvalue weighted by Gasteiger charge is 2.21. The second-order valence-electron chi connectivity index (χ2n) is 4.68. The summed E-state index contributed by atoms with van der Waals surface area (Å²) in [6, 6.07) is 0. The summed E-state index contributed by atoms with van der Waals surface area (Å²) in [5, 5.41) is 0. The fourth-order valence-electron chi connectivity index (χ4n) is 1.66. The summed E-state index contributed by atoms with van der Waals surface area (Å²) in [7, 11) is 0. The predicted octanol–water partition coefficient (Wildman–Crippen LogP) is 2.14. The van der Waals surface area contributed by atoms with Crippen molar-refractivity contribution in [3.63, 3.8) is 0 Å². The third-order valence-electron chi connectivity index (χ3n) is 2.45. The Balaban J connectivity index is 2.73. The number of imidazole rings is 1. The van der Waals surface area contributed by atoms with Gasteiger partial charge in [-0.25, -0.2) is 15.0 Å². The van der Waals surface area contributed by atoms with Crippen molar-refractivity contribution in [3.05, 3.63) is 18.3 Å². The van der Waals surface area contributed by atoms with E-state index in [9.17, 15) is 0 Å². The number of fused-ring (bicyclic) bond motifs is 1.